The topological polar surface area (TPSA) is 138 Å². The fourth-order valence-electron chi connectivity index (χ4n) is 2.80. The summed E-state index contributed by atoms with van der Waals surface area (Å²) in [6.45, 7) is 0.656. The number of carbonyl (C=O) groups is 1. The highest BCUT2D eigenvalue weighted by atomic mass is 19.1. The standard InChI is InChI=1S/C22H24FN7O2/c23-19-13-27-22(30-21(19)28-17-5-1-3-15(11-17)7-10-31)29-18-6-2-4-16(12-18)26-14-20(32)25-9-8-24/h1-7,12-14,31H,8-11,24H2,(H,25,32)(H2,27,28,29,30). The van der Waals surface area contributed by atoms with Gasteiger partial charge in [-0.3, -0.25) is 9.79 Å². The Morgan fingerprint density at radius 3 is 3.03 bits per heavy atom. The maximum atomic E-state index is 14.3. The number of benzene rings is 1. The SMILES string of the molecule is NCCNC(=O)C=Nc1cccc(Nc2ncc(F)c(NC3=CC=CC(=CCO)C3)n2)c1. The molecule has 1 aliphatic carbocycles. The molecule has 0 bridgehead atoms. The molecule has 0 spiro atoms. The van der Waals surface area contributed by atoms with Crippen LogP contribution in [0, 0.1) is 5.82 Å². The molecule has 0 fully saturated rings. The van der Waals surface area contributed by atoms with E-state index in [2.05, 4.69) is 30.9 Å². The largest absolute Gasteiger partial charge is 0.392 e. The molecule has 0 unspecified atom stereocenters. The fraction of sp³-hybridized carbons (Fsp3) is 0.182. The first-order chi connectivity index (χ1) is 15.6. The number of allylic oxidation sites excluding steroid dienone is 4. The summed E-state index contributed by atoms with van der Waals surface area (Å²) in [4.78, 5) is 23.9. The lowest BCUT2D eigenvalue weighted by Gasteiger charge is -2.15. The van der Waals surface area contributed by atoms with E-state index in [-0.39, 0.29) is 24.3 Å². The van der Waals surface area contributed by atoms with Crippen LogP contribution in [0.25, 0.3) is 0 Å². The first kappa shape index (κ1) is 22.8. The Hall–Kier alpha value is -3.89. The van der Waals surface area contributed by atoms with E-state index < -0.39 is 5.82 Å². The van der Waals surface area contributed by atoms with Crippen LogP contribution >= 0.6 is 0 Å². The van der Waals surface area contributed by atoms with Gasteiger partial charge >= 0.3 is 0 Å². The van der Waals surface area contributed by atoms with Gasteiger partial charge in [0.05, 0.1) is 24.7 Å². The number of aromatic nitrogens is 2. The molecule has 0 radical (unpaired) electrons. The molecule has 0 atom stereocenters. The molecule has 0 saturated heterocycles. The monoisotopic (exact) mass is 437 g/mol. The Bertz CT molecular complexity index is 1080. The molecule has 9 nitrogen and oxygen atoms in total. The number of halogens is 1. The minimum Gasteiger partial charge on any atom is -0.392 e. The van der Waals surface area contributed by atoms with Crippen LogP contribution in [-0.4, -0.2) is 46.9 Å². The average molecular weight is 437 g/mol. The third-order valence-electron chi connectivity index (χ3n) is 4.26. The lowest BCUT2D eigenvalue weighted by atomic mass is 10.0. The molecule has 2 aromatic rings. The van der Waals surface area contributed by atoms with E-state index in [1.807, 2.05) is 18.2 Å². The normalized spacial score (nSPS) is 14.5. The highest BCUT2D eigenvalue weighted by molar-refractivity contribution is 6.26. The minimum absolute atomic E-state index is 0.0261. The van der Waals surface area contributed by atoms with Gasteiger partial charge in [-0.05, 0) is 29.8 Å². The molecule has 1 aromatic carbocycles. The van der Waals surface area contributed by atoms with E-state index in [0.29, 0.717) is 30.9 Å². The van der Waals surface area contributed by atoms with Crippen molar-refractivity contribution in [3.63, 3.8) is 0 Å². The van der Waals surface area contributed by atoms with Crippen molar-refractivity contribution in [2.75, 3.05) is 30.3 Å². The quantitative estimate of drug-likeness (QED) is 0.380. The predicted octanol–water partition coefficient (Wildman–Crippen LogP) is 2.31. The van der Waals surface area contributed by atoms with Crippen LogP contribution in [0.1, 0.15) is 6.42 Å². The summed E-state index contributed by atoms with van der Waals surface area (Å²) in [6, 6.07) is 6.96. The second kappa shape index (κ2) is 11.5. The third kappa shape index (κ3) is 6.83. The van der Waals surface area contributed by atoms with E-state index in [1.165, 1.54) is 6.21 Å². The van der Waals surface area contributed by atoms with Crippen LogP contribution in [0.3, 0.4) is 0 Å². The summed E-state index contributed by atoms with van der Waals surface area (Å²) in [5.74, 6) is -0.720. The van der Waals surface area contributed by atoms with E-state index in [4.69, 9.17) is 10.8 Å². The number of amides is 1. The van der Waals surface area contributed by atoms with Crippen LogP contribution in [0.2, 0.25) is 0 Å². The lowest BCUT2D eigenvalue weighted by Crippen LogP contribution is -2.29. The van der Waals surface area contributed by atoms with E-state index >= 15 is 0 Å². The number of aliphatic hydroxyl groups is 1. The summed E-state index contributed by atoms with van der Waals surface area (Å²) in [5.41, 5.74) is 8.16. The van der Waals surface area contributed by atoms with Gasteiger partial charge in [0.2, 0.25) is 5.95 Å². The Labute approximate surface area is 184 Å². The Kier molecular flexibility index (Phi) is 8.18. The van der Waals surface area contributed by atoms with Gasteiger partial charge in [-0.25, -0.2) is 9.37 Å². The third-order valence-corrected chi connectivity index (χ3v) is 4.26. The second-order valence-electron chi connectivity index (χ2n) is 6.72. The number of carbonyl (C=O) groups excluding carboxylic acids is 1. The molecule has 10 heteroatoms. The number of nitrogens with two attached hydrogens (primary N) is 1. The van der Waals surface area contributed by atoms with Crippen molar-refractivity contribution in [3.05, 3.63) is 71.9 Å². The Morgan fingerprint density at radius 1 is 1.34 bits per heavy atom. The molecule has 1 amide bonds. The zero-order valence-electron chi connectivity index (χ0n) is 17.3. The molecule has 32 heavy (non-hydrogen) atoms. The zero-order valence-corrected chi connectivity index (χ0v) is 17.3. The Morgan fingerprint density at radius 2 is 2.22 bits per heavy atom. The van der Waals surface area contributed by atoms with Crippen molar-refractivity contribution in [1.29, 1.82) is 0 Å². The number of rotatable bonds is 9. The molecule has 166 valence electrons. The van der Waals surface area contributed by atoms with Gasteiger partial charge in [0.1, 0.15) is 0 Å². The lowest BCUT2D eigenvalue weighted by molar-refractivity contribution is -0.114. The van der Waals surface area contributed by atoms with Gasteiger partial charge in [-0.15, -0.1) is 0 Å². The number of nitrogens with one attached hydrogen (secondary N) is 3. The van der Waals surface area contributed by atoms with E-state index in [9.17, 15) is 9.18 Å². The van der Waals surface area contributed by atoms with E-state index in [1.54, 1.807) is 30.3 Å². The first-order valence-corrected chi connectivity index (χ1v) is 9.93. The van der Waals surface area contributed by atoms with Crippen LogP contribution in [0.4, 0.5) is 27.5 Å². The van der Waals surface area contributed by atoms with Gasteiger partial charge in [0.15, 0.2) is 11.6 Å². The second-order valence-corrected chi connectivity index (χ2v) is 6.72. The number of anilines is 3. The number of nitrogens with zero attached hydrogens (tertiary/aromatic N) is 3. The number of aliphatic imine (C=N–C) groups is 1. The van der Waals surface area contributed by atoms with Crippen molar-refractivity contribution in [1.82, 2.24) is 15.3 Å². The predicted molar refractivity (Wildman–Crippen MR) is 123 cm³/mol. The molecular weight excluding hydrogens is 413 g/mol. The summed E-state index contributed by atoms with van der Waals surface area (Å²) in [6.07, 6.45) is 9.96. The molecular formula is C22H24FN7O2. The smallest absolute Gasteiger partial charge is 0.262 e. The summed E-state index contributed by atoms with van der Waals surface area (Å²) in [5, 5.41) is 17.6. The average Bonchev–Trinajstić information content (AvgIpc) is 2.79. The fourth-order valence-corrected chi connectivity index (χ4v) is 2.80. The maximum Gasteiger partial charge on any atom is 0.262 e. The molecule has 3 rings (SSSR count). The van der Waals surface area contributed by atoms with Crippen LogP contribution in [0.5, 0.6) is 0 Å². The van der Waals surface area contributed by atoms with Crippen molar-refractivity contribution in [3.8, 4) is 0 Å². The van der Waals surface area contributed by atoms with E-state index in [0.717, 1.165) is 17.5 Å². The van der Waals surface area contributed by atoms with Crippen molar-refractivity contribution in [2.45, 2.75) is 6.42 Å². The highest BCUT2D eigenvalue weighted by Crippen LogP contribution is 2.24. The van der Waals surface area contributed by atoms with Gasteiger partial charge in [-0.2, -0.15) is 4.98 Å². The van der Waals surface area contributed by atoms with Crippen molar-refractivity contribution in [2.24, 2.45) is 10.7 Å². The number of hydrogen-bond donors (Lipinski definition) is 5. The maximum absolute atomic E-state index is 14.3. The van der Waals surface area contributed by atoms with Gasteiger partial charge in [-0.1, -0.05) is 24.3 Å². The molecule has 0 aliphatic heterocycles. The van der Waals surface area contributed by atoms with Crippen LogP contribution in [-0.2, 0) is 4.79 Å². The minimum atomic E-state index is -0.597. The molecule has 6 N–H and O–H groups in total. The van der Waals surface area contributed by atoms with Crippen molar-refractivity contribution >= 4 is 35.3 Å². The summed E-state index contributed by atoms with van der Waals surface area (Å²) >= 11 is 0. The van der Waals surface area contributed by atoms with Gasteiger partial charge in [0, 0.05) is 30.9 Å². The van der Waals surface area contributed by atoms with Crippen LogP contribution in [0.15, 0.2) is 71.0 Å². The first-order valence-electron chi connectivity index (χ1n) is 9.93. The molecule has 1 aliphatic rings. The zero-order chi connectivity index (χ0) is 22.8. The molecule has 1 heterocycles. The highest BCUT2D eigenvalue weighted by Gasteiger charge is 2.11. The number of aliphatic hydroxyl groups excluding tert-OH is 1. The van der Waals surface area contributed by atoms with Crippen molar-refractivity contribution < 1.29 is 14.3 Å². The molecule has 1 aromatic heterocycles. The van der Waals surface area contributed by atoms with Gasteiger partial charge in [0.25, 0.3) is 5.91 Å². The number of hydrogen-bond acceptors (Lipinski definition) is 8. The summed E-state index contributed by atoms with van der Waals surface area (Å²) in [7, 11) is 0. The van der Waals surface area contributed by atoms with Crippen LogP contribution < -0.4 is 21.7 Å². The van der Waals surface area contributed by atoms with Gasteiger partial charge < -0.3 is 26.8 Å². The Balaban J connectivity index is 1.69. The molecule has 0 saturated carbocycles. The summed E-state index contributed by atoms with van der Waals surface area (Å²) < 4.78 is 14.3.